The van der Waals surface area contributed by atoms with Crippen molar-refractivity contribution < 1.29 is 23.9 Å². The van der Waals surface area contributed by atoms with Gasteiger partial charge in [0, 0.05) is 18.9 Å². The highest BCUT2D eigenvalue weighted by Gasteiger charge is 2.19. The summed E-state index contributed by atoms with van der Waals surface area (Å²) in [4.78, 5) is 33.2. The summed E-state index contributed by atoms with van der Waals surface area (Å²) in [5.41, 5.74) is 1.08. The van der Waals surface area contributed by atoms with Crippen molar-refractivity contribution in [2.24, 2.45) is 0 Å². The van der Waals surface area contributed by atoms with E-state index in [9.17, 15) is 9.59 Å². The van der Waals surface area contributed by atoms with E-state index in [-0.39, 0.29) is 24.8 Å². The number of hydrogen-bond acceptors (Lipinski definition) is 6. The van der Waals surface area contributed by atoms with E-state index in [0.29, 0.717) is 53.6 Å². The number of carbonyl (C=O) groups excluding carboxylic acids is 1. The van der Waals surface area contributed by atoms with Crippen LogP contribution in [0.25, 0.3) is 10.9 Å². The molecule has 1 aromatic heterocycles. The number of anilines is 1. The zero-order chi connectivity index (χ0) is 20.9. The predicted octanol–water partition coefficient (Wildman–Crippen LogP) is 0.322. The van der Waals surface area contributed by atoms with Gasteiger partial charge in [-0.1, -0.05) is 12.1 Å². The van der Waals surface area contributed by atoms with Gasteiger partial charge in [-0.2, -0.15) is 0 Å². The van der Waals surface area contributed by atoms with E-state index in [1.807, 2.05) is 6.07 Å². The zero-order valence-corrected chi connectivity index (χ0v) is 16.6. The maximum atomic E-state index is 12.6. The first kappa shape index (κ1) is 19.9. The maximum absolute atomic E-state index is 12.6. The third-order valence-electron chi connectivity index (χ3n) is 4.81. The number of amides is 1. The van der Waals surface area contributed by atoms with Crippen LogP contribution >= 0.6 is 0 Å². The minimum atomic E-state index is -0.188. The number of fused-ring (bicyclic) bond motifs is 2. The highest BCUT2D eigenvalue weighted by atomic mass is 16.7. The molecule has 9 nitrogen and oxygen atoms in total. The van der Waals surface area contributed by atoms with Crippen LogP contribution in [0.5, 0.6) is 11.5 Å². The van der Waals surface area contributed by atoms with E-state index >= 15 is 0 Å². The number of H-pyrrole nitrogens is 1. The van der Waals surface area contributed by atoms with Gasteiger partial charge in [0.25, 0.3) is 11.5 Å². The number of methoxy groups -OCH3 is 1. The van der Waals surface area contributed by atoms with Crippen molar-refractivity contribution >= 4 is 22.5 Å². The number of aromatic nitrogens is 2. The molecule has 156 valence electrons. The molecule has 0 bridgehead atoms. The van der Waals surface area contributed by atoms with Gasteiger partial charge in [-0.05, 0) is 24.3 Å². The van der Waals surface area contributed by atoms with Crippen LogP contribution in [0.3, 0.4) is 0 Å². The van der Waals surface area contributed by atoms with Crippen molar-refractivity contribution in [2.75, 3.05) is 38.9 Å². The summed E-state index contributed by atoms with van der Waals surface area (Å²) in [6, 6.07) is 12.4. The smallest absolute Gasteiger partial charge is 0.279 e. The van der Waals surface area contributed by atoms with Gasteiger partial charge in [0.05, 0.1) is 17.5 Å². The Morgan fingerprint density at radius 1 is 1.23 bits per heavy atom. The van der Waals surface area contributed by atoms with Crippen LogP contribution in [0, 0.1) is 0 Å². The molecule has 0 fully saturated rings. The molecule has 2 aromatic carbocycles. The lowest BCUT2D eigenvalue weighted by atomic mass is 10.2. The van der Waals surface area contributed by atoms with Crippen molar-refractivity contribution in [3.05, 3.63) is 58.6 Å². The van der Waals surface area contributed by atoms with Crippen LogP contribution in [-0.4, -0.2) is 49.5 Å². The Hall–Kier alpha value is -3.43. The first-order chi connectivity index (χ1) is 14.6. The Labute approximate surface area is 172 Å². The quantitative estimate of drug-likeness (QED) is 0.493. The number of nitrogens with one attached hydrogen (secondary N) is 3. The first-order valence-corrected chi connectivity index (χ1v) is 9.62. The number of hydrogen-bond donors (Lipinski definition) is 3. The predicted molar refractivity (Wildman–Crippen MR) is 110 cm³/mol. The van der Waals surface area contributed by atoms with E-state index in [1.165, 1.54) is 0 Å². The summed E-state index contributed by atoms with van der Waals surface area (Å²) in [7, 11) is 1.61. The van der Waals surface area contributed by atoms with E-state index < -0.39 is 0 Å². The SMILES string of the molecule is COCC[NH+](CC(=O)Nc1ccc2c(c1)OCO2)Cc1nc2ccccc2c(=O)[nH]1. The minimum Gasteiger partial charge on any atom is -0.454 e. The lowest BCUT2D eigenvalue weighted by Crippen LogP contribution is -3.12. The van der Waals surface area contributed by atoms with Gasteiger partial charge in [0.1, 0.15) is 13.1 Å². The van der Waals surface area contributed by atoms with E-state index in [2.05, 4.69) is 15.3 Å². The molecule has 3 aromatic rings. The topological polar surface area (TPSA) is 107 Å². The summed E-state index contributed by atoms with van der Waals surface area (Å²) in [6.07, 6.45) is 0. The maximum Gasteiger partial charge on any atom is 0.279 e. The number of rotatable bonds is 8. The van der Waals surface area contributed by atoms with Crippen molar-refractivity contribution in [3.8, 4) is 11.5 Å². The summed E-state index contributed by atoms with van der Waals surface area (Å²) in [6.45, 7) is 1.82. The zero-order valence-electron chi connectivity index (χ0n) is 16.6. The number of aromatic amines is 1. The van der Waals surface area contributed by atoms with Gasteiger partial charge in [0.2, 0.25) is 6.79 Å². The van der Waals surface area contributed by atoms with Gasteiger partial charge >= 0.3 is 0 Å². The van der Waals surface area contributed by atoms with Crippen molar-refractivity contribution in [2.45, 2.75) is 6.54 Å². The Kier molecular flexibility index (Phi) is 5.92. The average molecular weight is 411 g/mol. The molecule has 1 amide bonds. The van der Waals surface area contributed by atoms with Gasteiger partial charge in [-0.15, -0.1) is 0 Å². The number of nitrogens with zero attached hydrogens (tertiary/aromatic N) is 1. The molecular formula is C21H23N4O5+. The molecule has 0 saturated carbocycles. The van der Waals surface area contributed by atoms with E-state index in [4.69, 9.17) is 14.2 Å². The largest absolute Gasteiger partial charge is 0.454 e. The molecule has 4 rings (SSSR count). The Morgan fingerprint density at radius 2 is 2.07 bits per heavy atom. The standard InChI is InChI=1S/C21H22N4O5/c1-28-9-8-25(11-19-23-16-5-3-2-4-15(16)21(27)24-19)12-20(26)22-14-6-7-17-18(10-14)30-13-29-17/h2-7,10H,8-9,11-13H2,1H3,(H,22,26)(H,23,24,27)/p+1. The molecule has 0 saturated heterocycles. The molecule has 1 aliphatic heterocycles. The van der Waals surface area contributed by atoms with Crippen molar-refractivity contribution in [1.29, 1.82) is 0 Å². The number of ether oxygens (including phenoxy) is 3. The van der Waals surface area contributed by atoms with Crippen molar-refractivity contribution in [1.82, 2.24) is 9.97 Å². The van der Waals surface area contributed by atoms with Crippen LogP contribution in [0.1, 0.15) is 5.82 Å². The second kappa shape index (κ2) is 8.93. The van der Waals surface area contributed by atoms with E-state index in [1.54, 1.807) is 43.5 Å². The number of benzene rings is 2. The summed E-state index contributed by atoms with van der Waals surface area (Å²) in [5.74, 6) is 1.63. The Balaban J connectivity index is 1.46. The first-order valence-electron chi connectivity index (χ1n) is 9.62. The molecule has 1 atom stereocenters. The lowest BCUT2D eigenvalue weighted by molar-refractivity contribution is -0.906. The Bertz CT molecular complexity index is 1110. The minimum absolute atomic E-state index is 0.164. The number of para-hydroxylation sites is 1. The molecule has 0 spiro atoms. The highest BCUT2D eigenvalue weighted by Crippen LogP contribution is 2.34. The molecule has 2 heterocycles. The summed E-state index contributed by atoms with van der Waals surface area (Å²) >= 11 is 0. The van der Waals surface area contributed by atoms with Gasteiger partial charge in [-0.25, -0.2) is 4.98 Å². The molecule has 9 heteroatoms. The normalized spacial score (nSPS) is 13.4. The molecule has 0 radical (unpaired) electrons. The third kappa shape index (κ3) is 4.58. The molecule has 30 heavy (non-hydrogen) atoms. The summed E-state index contributed by atoms with van der Waals surface area (Å²) in [5, 5.41) is 3.42. The molecule has 3 N–H and O–H groups in total. The second-order valence-corrected chi connectivity index (χ2v) is 6.99. The average Bonchev–Trinajstić information content (AvgIpc) is 3.20. The van der Waals surface area contributed by atoms with Crippen LogP contribution in [0.15, 0.2) is 47.3 Å². The third-order valence-corrected chi connectivity index (χ3v) is 4.81. The molecular weight excluding hydrogens is 388 g/mol. The van der Waals surface area contributed by atoms with Crippen LogP contribution in [0.2, 0.25) is 0 Å². The number of carbonyl (C=O) groups is 1. The number of quaternary nitrogens is 1. The second-order valence-electron chi connectivity index (χ2n) is 6.99. The van der Waals surface area contributed by atoms with E-state index in [0.717, 1.165) is 4.90 Å². The fourth-order valence-corrected chi connectivity index (χ4v) is 3.35. The molecule has 1 aliphatic rings. The highest BCUT2D eigenvalue weighted by molar-refractivity contribution is 5.91. The van der Waals surface area contributed by atoms with Crippen LogP contribution in [0.4, 0.5) is 5.69 Å². The Morgan fingerprint density at radius 3 is 2.93 bits per heavy atom. The monoisotopic (exact) mass is 411 g/mol. The van der Waals surface area contributed by atoms with Gasteiger partial charge in [-0.3, -0.25) is 9.59 Å². The fourth-order valence-electron chi connectivity index (χ4n) is 3.35. The fraction of sp³-hybridized carbons (Fsp3) is 0.286. The summed E-state index contributed by atoms with van der Waals surface area (Å²) < 4.78 is 15.8. The van der Waals surface area contributed by atoms with Gasteiger partial charge < -0.3 is 29.4 Å². The van der Waals surface area contributed by atoms with Crippen LogP contribution < -0.4 is 25.2 Å². The molecule has 1 unspecified atom stereocenters. The molecule has 0 aliphatic carbocycles. The van der Waals surface area contributed by atoms with Crippen molar-refractivity contribution in [3.63, 3.8) is 0 Å². The lowest BCUT2D eigenvalue weighted by Gasteiger charge is -2.18. The van der Waals surface area contributed by atoms with Crippen LogP contribution in [-0.2, 0) is 16.1 Å². The van der Waals surface area contributed by atoms with Gasteiger partial charge in [0.15, 0.2) is 23.9 Å².